The third-order valence-corrected chi connectivity index (χ3v) is 2.62. The van der Waals surface area contributed by atoms with Gasteiger partial charge in [0.15, 0.2) is 0 Å². The molecule has 0 spiro atoms. The molecule has 0 atom stereocenters. The Labute approximate surface area is 84.3 Å². The van der Waals surface area contributed by atoms with Crippen molar-refractivity contribution >= 4 is 25.8 Å². The molecule has 0 rings (SSSR count). The number of rotatable bonds is 4. The van der Waals surface area contributed by atoms with Crippen molar-refractivity contribution in [3.05, 3.63) is 46.3 Å². The summed E-state index contributed by atoms with van der Waals surface area (Å²) in [5.41, 5.74) is 0. The number of nitrogens with one attached hydrogen (secondary N) is 1. The van der Waals surface area contributed by atoms with Crippen LogP contribution in [0.4, 0.5) is 0 Å². The molecule has 0 saturated heterocycles. The van der Waals surface area contributed by atoms with Crippen molar-refractivity contribution in [2.45, 2.75) is 0 Å². The summed E-state index contributed by atoms with van der Waals surface area (Å²) in [5.74, 6) is 0. The van der Waals surface area contributed by atoms with Crippen LogP contribution in [0.3, 0.4) is 0 Å². The van der Waals surface area contributed by atoms with Crippen LogP contribution >= 0.6 is 0 Å². The Kier molecular flexibility index (Phi) is 7.56. The van der Waals surface area contributed by atoms with Gasteiger partial charge in [-0.15, -0.1) is 0 Å². The van der Waals surface area contributed by atoms with E-state index in [0.29, 0.717) is 0 Å². The predicted molar refractivity (Wildman–Crippen MR) is 51.4 cm³/mol. The Morgan fingerprint density at radius 2 is 1.91 bits per heavy atom. The van der Waals surface area contributed by atoms with E-state index in [9.17, 15) is 0 Å². The van der Waals surface area contributed by atoms with Crippen molar-refractivity contribution in [2.24, 2.45) is 0 Å². The van der Waals surface area contributed by atoms with E-state index in [2.05, 4.69) is 18.0 Å². The van der Waals surface area contributed by atoms with Gasteiger partial charge in [0.25, 0.3) is 0 Å². The summed E-state index contributed by atoms with van der Waals surface area (Å²) in [6.45, 7) is 3.57. The molecule has 0 aromatic heterocycles. The first-order valence-electron chi connectivity index (χ1n) is 3.36. The van der Waals surface area contributed by atoms with Crippen LogP contribution in [0.1, 0.15) is 0 Å². The zero-order chi connectivity index (χ0) is 8.53. The van der Waals surface area contributed by atoms with E-state index in [1.807, 2.05) is 31.4 Å². The fourth-order valence-corrected chi connectivity index (χ4v) is 0.816. The van der Waals surface area contributed by atoms with Gasteiger partial charge in [-0.25, -0.2) is 0 Å². The van der Waals surface area contributed by atoms with Gasteiger partial charge in [-0.1, -0.05) is 0 Å². The van der Waals surface area contributed by atoms with E-state index in [1.165, 1.54) is 3.26 Å². The first-order chi connectivity index (χ1) is 5.31. The molecule has 0 aliphatic rings. The topological polar surface area (TPSA) is 12.0 Å². The van der Waals surface area contributed by atoms with Gasteiger partial charge in [0, 0.05) is 0 Å². The molecule has 2 heteroatoms. The maximum absolute atomic E-state index is 3.57. The fourth-order valence-electron chi connectivity index (χ4n) is 0.442. The molecule has 3 radical (unpaired) electrons. The van der Waals surface area contributed by atoms with Gasteiger partial charge in [-0.3, -0.25) is 0 Å². The first kappa shape index (κ1) is 10.7. The second-order valence-electron chi connectivity index (χ2n) is 1.84. The third kappa shape index (κ3) is 7.58. The van der Waals surface area contributed by atoms with Crippen molar-refractivity contribution in [3.8, 4) is 0 Å². The summed E-state index contributed by atoms with van der Waals surface area (Å²) in [6, 6.07) is 0. The molecule has 11 heavy (non-hydrogen) atoms. The molecule has 57 valence electrons. The molecule has 0 aliphatic carbocycles. The number of hydrogen-bond acceptors (Lipinski definition) is 1. The Morgan fingerprint density at radius 3 is 2.45 bits per heavy atom. The summed E-state index contributed by atoms with van der Waals surface area (Å²) in [5, 5.41) is 3.08. The van der Waals surface area contributed by atoms with E-state index >= 15 is 0 Å². The van der Waals surface area contributed by atoms with Crippen LogP contribution < -0.4 is 5.32 Å². The van der Waals surface area contributed by atoms with Gasteiger partial charge in [0.05, 0.1) is 0 Å². The van der Waals surface area contributed by atoms with E-state index in [4.69, 9.17) is 0 Å². The van der Waals surface area contributed by atoms with Gasteiger partial charge in [0.1, 0.15) is 0 Å². The van der Waals surface area contributed by atoms with E-state index in [-0.39, 0.29) is 0 Å². The van der Waals surface area contributed by atoms with Gasteiger partial charge in [-0.2, -0.15) is 0 Å². The molecule has 0 aromatic rings. The minimum atomic E-state index is 1.06. The molecular weight excluding hydrogens is 329 g/mol. The summed E-state index contributed by atoms with van der Waals surface area (Å²) in [4.78, 5) is 0. The number of hydrogen-bond donors (Lipinski definition) is 1. The Bertz CT molecular complexity index is 190. The van der Waals surface area contributed by atoms with Crippen LogP contribution in [0, 0.1) is 0 Å². The van der Waals surface area contributed by atoms with Crippen LogP contribution in [0.2, 0.25) is 0 Å². The predicted octanol–water partition coefficient (Wildman–Crippen LogP) is 1.51. The molecule has 1 nitrogen and oxygen atoms in total. The molecular formula is C9H12NPb. The third-order valence-electron chi connectivity index (χ3n) is 1.00. The van der Waals surface area contributed by atoms with Gasteiger partial charge in [-0.05, 0) is 0 Å². The maximum atomic E-state index is 3.57. The van der Waals surface area contributed by atoms with E-state index in [0.717, 1.165) is 25.8 Å². The molecule has 0 saturated carbocycles. The second-order valence-corrected chi connectivity index (χ2v) is 3.93. The molecule has 0 fully saturated rings. The zero-order valence-corrected chi connectivity index (χ0v) is 10.6. The van der Waals surface area contributed by atoms with Crippen LogP contribution in [0.5, 0.6) is 0 Å². The SMILES string of the molecule is C=C\C=C/C=C/C=[C](/[Pb])NC. The summed E-state index contributed by atoms with van der Waals surface area (Å²) >= 11 is 1.06. The Morgan fingerprint density at radius 1 is 1.27 bits per heavy atom. The summed E-state index contributed by atoms with van der Waals surface area (Å²) < 4.78 is 1.29. The molecule has 0 aliphatic heterocycles. The molecule has 0 heterocycles. The fraction of sp³-hybridized carbons (Fsp3) is 0.111. The first-order valence-corrected chi connectivity index (χ1v) is 5.31. The number of allylic oxidation sites excluding steroid dienone is 6. The second kappa shape index (κ2) is 7.79. The van der Waals surface area contributed by atoms with Crippen molar-refractivity contribution in [1.82, 2.24) is 5.32 Å². The van der Waals surface area contributed by atoms with Gasteiger partial charge in [0.2, 0.25) is 0 Å². The monoisotopic (exact) mass is 342 g/mol. The summed E-state index contributed by atoms with van der Waals surface area (Å²) in [6.07, 6.45) is 11.7. The average molecular weight is 341 g/mol. The van der Waals surface area contributed by atoms with E-state index in [1.54, 1.807) is 6.08 Å². The normalized spacial score (nSPS) is 12.7. The zero-order valence-electron chi connectivity index (χ0n) is 6.67. The van der Waals surface area contributed by atoms with Crippen molar-refractivity contribution < 1.29 is 0 Å². The van der Waals surface area contributed by atoms with Crippen LogP contribution in [-0.4, -0.2) is 32.8 Å². The standard InChI is InChI=1S/C9H12N.Pb/c1-3-4-5-6-7-8-9-10-2;/h3-8,10H,1H2,2H3;/b5-4-,7-6+,9-8?;. The average Bonchev–Trinajstić information content (AvgIpc) is 2.04. The molecule has 0 amide bonds. The van der Waals surface area contributed by atoms with Crippen molar-refractivity contribution in [1.29, 1.82) is 0 Å². The van der Waals surface area contributed by atoms with Crippen molar-refractivity contribution in [3.63, 3.8) is 0 Å². The summed E-state index contributed by atoms with van der Waals surface area (Å²) in [7, 11) is 1.94. The van der Waals surface area contributed by atoms with E-state index < -0.39 is 0 Å². The van der Waals surface area contributed by atoms with Crippen molar-refractivity contribution in [2.75, 3.05) is 7.05 Å². The Hall–Kier alpha value is -0.318. The molecule has 0 unspecified atom stereocenters. The molecule has 1 N–H and O–H groups in total. The minimum absolute atomic E-state index is 1.06. The van der Waals surface area contributed by atoms with Gasteiger partial charge < -0.3 is 0 Å². The Balaban J connectivity index is 3.76. The molecule has 0 aromatic carbocycles. The van der Waals surface area contributed by atoms with Crippen LogP contribution in [0.15, 0.2) is 46.3 Å². The van der Waals surface area contributed by atoms with Crippen LogP contribution in [-0.2, 0) is 0 Å². The molecule has 0 bridgehead atoms. The van der Waals surface area contributed by atoms with Crippen LogP contribution in [0.25, 0.3) is 0 Å². The van der Waals surface area contributed by atoms with Gasteiger partial charge >= 0.3 is 84.4 Å². The quantitative estimate of drug-likeness (QED) is 0.604.